The first kappa shape index (κ1) is 27.6. The minimum atomic E-state index is -3.82. The summed E-state index contributed by atoms with van der Waals surface area (Å²) in [6.07, 6.45) is 1.88. The van der Waals surface area contributed by atoms with Crippen LogP contribution in [-0.4, -0.2) is 109 Å². The number of hydrogen-bond acceptors (Lipinski definition) is 9. The van der Waals surface area contributed by atoms with Crippen LogP contribution in [0.25, 0.3) is 10.9 Å². The number of anilines is 1. The predicted octanol–water partition coefficient (Wildman–Crippen LogP) is 1.02. The van der Waals surface area contributed by atoms with Crippen molar-refractivity contribution in [3.05, 3.63) is 24.4 Å². The van der Waals surface area contributed by atoms with Crippen LogP contribution in [0.1, 0.15) is 26.2 Å². The van der Waals surface area contributed by atoms with E-state index in [-0.39, 0.29) is 45.1 Å². The number of rotatable bonds is 7. The maximum atomic E-state index is 13.5. The molecule has 0 unspecified atom stereocenters. The van der Waals surface area contributed by atoms with Gasteiger partial charge in [-0.3, -0.25) is 14.7 Å². The van der Waals surface area contributed by atoms with Crippen molar-refractivity contribution in [2.75, 3.05) is 63.1 Å². The molecule has 1 aromatic carbocycles. The van der Waals surface area contributed by atoms with Crippen LogP contribution in [0.15, 0.2) is 24.4 Å². The third kappa shape index (κ3) is 5.69. The Bertz CT molecular complexity index is 1290. The minimum Gasteiger partial charge on any atom is -0.444 e. The molecular weight excluding hydrogens is 528 g/mol. The van der Waals surface area contributed by atoms with Gasteiger partial charge in [0.05, 0.1) is 36.1 Å². The van der Waals surface area contributed by atoms with Crippen molar-refractivity contribution in [1.82, 2.24) is 24.5 Å². The number of fused-ring (bicyclic) bond motifs is 1. The lowest BCUT2D eigenvalue weighted by molar-refractivity contribution is -0.141. The summed E-state index contributed by atoms with van der Waals surface area (Å²) in [6, 6.07) is 6.13. The summed E-state index contributed by atoms with van der Waals surface area (Å²) < 4.78 is 41.0. The van der Waals surface area contributed by atoms with Gasteiger partial charge in [0.15, 0.2) is 0 Å². The number of amides is 2. The third-order valence-electron chi connectivity index (χ3n) is 8.10. The number of nitrogens with zero attached hydrogens (tertiary/aromatic N) is 5. The fourth-order valence-corrected chi connectivity index (χ4v) is 7.70. The number of benzene rings is 1. The van der Waals surface area contributed by atoms with E-state index in [0.29, 0.717) is 32.7 Å². The lowest BCUT2D eigenvalue weighted by Gasteiger charge is -2.41. The van der Waals surface area contributed by atoms with Crippen molar-refractivity contribution in [1.29, 1.82) is 0 Å². The summed E-state index contributed by atoms with van der Waals surface area (Å²) in [5.41, 5.74) is 2.39. The molecule has 2 aromatic rings. The highest BCUT2D eigenvalue weighted by atomic mass is 32.2. The van der Waals surface area contributed by atoms with E-state index in [2.05, 4.69) is 16.1 Å². The number of aromatic nitrogens is 2. The molecule has 3 saturated heterocycles. The molecule has 1 atom stereocenters. The number of ether oxygens (including phenoxy) is 2. The van der Waals surface area contributed by atoms with Crippen molar-refractivity contribution in [3.8, 4) is 0 Å². The Morgan fingerprint density at radius 2 is 1.92 bits per heavy atom. The molecule has 4 heterocycles. The van der Waals surface area contributed by atoms with Crippen molar-refractivity contribution in [2.45, 2.75) is 38.8 Å². The number of hydrogen-bond donors (Lipinski definition) is 2. The quantitative estimate of drug-likeness (QED) is 0.372. The van der Waals surface area contributed by atoms with Crippen molar-refractivity contribution in [3.63, 3.8) is 0 Å². The van der Waals surface area contributed by atoms with Gasteiger partial charge < -0.3 is 19.3 Å². The highest BCUT2D eigenvalue weighted by molar-refractivity contribution is 7.89. The average Bonchev–Trinajstić information content (AvgIpc) is 3.62. The van der Waals surface area contributed by atoms with E-state index in [1.165, 1.54) is 9.21 Å². The maximum absolute atomic E-state index is 13.5. The molecule has 2 amide bonds. The number of carbonyl (C=O) groups excluding carboxylic acids is 2. The van der Waals surface area contributed by atoms with Crippen LogP contribution < -0.4 is 10.4 Å². The van der Waals surface area contributed by atoms with E-state index < -0.39 is 33.2 Å². The molecule has 3 aliphatic rings. The summed E-state index contributed by atoms with van der Waals surface area (Å²) in [7, 11) is -3.82. The van der Waals surface area contributed by atoms with Gasteiger partial charge in [-0.2, -0.15) is 9.40 Å². The van der Waals surface area contributed by atoms with Gasteiger partial charge in [-0.25, -0.2) is 18.7 Å². The van der Waals surface area contributed by atoms with E-state index in [4.69, 9.17) is 9.47 Å². The number of piperazine rings is 1. The first-order valence-electron chi connectivity index (χ1n) is 13.4. The first-order valence-corrected chi connectivity index (χ1v) is 15.0. The van der Waals surface area contributed by atoms with Crippen LogP contribution in [0.5, 0.6) is 0 Å². The predicted molar refractivity (Wildman–Crippen MR) is 142 cm³/mol. The molecule has 3 fully saturated rings. The van der Waals surface area contributed by atoms with Crippen molar-refractivity contribution >= 4 is 38.6 Å². The van der Waals surface area contributed by atoms with E-state index in [1.54, 1.807) is 5.48 Å². The summed E-state index contributed by atoms with van der Waals surface area (Å²) in [5.74, 6) is -1.18. The van der Waals surface area contributed by atoms with E-state index in [9.17, 15) is 23.2 Å². The highest BCUT2D eigenvalue weighted by Crippen LogP contribution is 2.35. The molecule has 0 bridgehead atoms. The lowest BCUT2D eigenvalue weighted by Crippen LogP contribution is -2.56. The number of carbonyl (C=O) groups is 2. The molecule has 1 aromatic heterocycles. The van der Waals surface area contributed by atoms with E-state index in [1.807, 2.05) is 29.9 Å². The van der Waals surface area contributed by atoms with Crippen LogP contribution in [0.2, 0.25) is 0 Å². The molecule has 5 rings (SSSR count). The number of piperidine rings is 1. The Balaban J connectivity index is 1.20. The van der Waals surface area contributed by atoms with Crippen LogP contribution in [0.3, 0.4) is 0 Å². The first-order chi connectivity index (χ1) is 18.7. The zero-order valence-corrected chi connectivity index (χ0v) is 22.9. The Hall–Kier alpha value is -2.94. The Morgan fingerprint density at radius 1 is 1.18 bits per heavy atom. The topological polar surface area (TPSA) is 147 Å². The van der Waals surface area contributed by atoms with Gasteiger partial charge in [-0.15, -0.1) is 0 Å². The number of sulfonamides is 1. The molecule has 0 spiro atoms. The summed E-state index contributed by atoms with van der Waals surface area (Å²) in [5, 5.41) is 14.9. The molecule has 13 nitrogen and oxygen atoms in total. The van der Waals surface area contributed by atoms with Gasteiger partial charge in [0.25, 0.3) is 5.91 Å². The largest absolute Gasteiger partial charge is 0.444 e. The van der Waals surface area contributed by atoms with Gasteiger partial charge in [0.1, 0.15) is 6.10 Å². The van der Waals surface area contributed by atoms with Gasteiger partial charge in [-0.1, -0.05) is 0 Å². The average molecular weight is 565 g/mol. The van der Waals surface area contributed by atoms with Gasteiger partial charge >= 0.3 is 6.09 Å². The molecule has 0 radical (unpaired) electrons. The van der Waals surface area contributed by atoms with E-state index in [0.717, 1.165) is 23.1 Å². The Labute approximate surface area is 227 Å². The van der Waals surface area contributed by atoms with Crippen LogP contribution in [-0.2, 0) is 30.8 Å². The fraction of sp³-hybridized carbons (Fsp3) is 0.640. The summed E-state index contributed by atoms with van der Waals surface area (Å²) >= 11 is 0. The number of likely N-dealkylation sites (tertiary alicyclic amines) is 1. The normalized spacial score (nSPS) is 22.3. The van der Waals surface area contributed by atoms with Gasteiger partial charge in [-0.05, 0) is 38.0 Å². The second-order valence-electron chi connectivity index (χ2n) is 10.4. The second-order valence-corrected chi connectivity index (χ2v) is 12.4. The van der Waals surface area contributed by atoms with Crippen LogP contribution >= 0.6 is 0 Å². The van der Waals surface area contributed by atoms with E-state index >= 15 is 0 Å². The standard InChI is InChI=1S/C25H36N6O7S/c1-2-31-22-4-3-20(15-19(22)16-26-31)28-10-12-30(13-11-28)39(35,36)18-25(23(32)27-34)6-8-29(9-7-25)24(33)38-21-5-14-37-17-21/h3-4,15-16,21,34H,2,5-14,17-18H2,1H3,(H,27,32)/t21-/m0/s1. The second kappa shape index (κ2) is 11.3. The van der Waals surface area contributed by atoms with Gasteiger partial charge in [0, 0.05) is 63.3 Å². The summed E-state index contributed by atoms with van der Waals surface area (Å²) in [6.45, 7) is 5.63. The highest BCUT2D eigenvalue weighted by Gasteiger charge is 2.47. The lowest BCUT2D eigenvalue weighted by atomic mass is 9.79. The Morgan fingerprint density at radius 3 is 2.56 bits per heavy atom. The number of aryl methyl sites for hydroxylation is 1. The smallest absolute Gasteiger partial charge is 0.410 e. The zero-order chi connectivity index (χ0) is 27.6. The maximum Gasteiger partial charge on any atom is 0.410 e. The molecule has 0 saturated carbocycles. The van der Waals surface area contributed by atoms with Crippen molar-refractivity contribution < 1.29 is 32.7 Å². The monoisotopic (exact) mass is 564 g/mol. The number of nitrogens with one attached hydrogen (secondary N) is 1. The Kier molecular flexibility index (Phi) is 7.99. The molecule has 14 heteroatoms. The van der Waals surface area contributed by atoms with Crippen LogP contribution in [0, 0.1) is 5.41 Å². The fourth-order valence-electron chi connectivity index (χ4n) is 5.68. The van der Waals surface area contributed by atoms with Crippen LogP contribution in [0.4, 0.5) is 10.5 Å². The third-order valence-corrected chi connectivity index (χ3v) is 10.2. The molecule has 3 aliphatic heterocycles. The summed E-state index contributed by atoms with van der Waals surface area (Å²) in [4.78, 5) is 28.9. The number of hydroxylamine groups is 1. The zero-order valence-electron chi connectivity index (χ0n) is 22.1. The molecule has 2 N–H and O–H groups in total. The molecule has 39 heavy (non-hydrogen) atoms. The van der Waals surface area contributed by atoms with Crippen molar-refractivity contribution in [2.24, 2.45) is 5.41 Å². The molecule has 0 aliphatic carbocycles. The molecular formula is C25H36N6O7S. The molecule has 214 valence electrons. The SMILES string of the molecule is CCn1ncc2cc(N3CCN(S(=O)(=O)CC4(C(=O)NO)CCN(C(=O)O[C@H]5CCOC5)CC4)CC3)ccc21. The minimum absolute atomic E-state index is 0.0975. The van der Waals surface area contributed by atoms with Gasteiger partial charge in [0.2, 0.25) is 10.0 Å².